The minimum Gasteiger partial charge on any atom is -0.342 e. The van der Waals surface area contributed by atoms with Gasteiger partial charge >= 0.3 is 0 Å². The Labute approximate surface area is 141 Å². The minimum absolute atomic E-state index is 0.0165. The van der Waals surface area contributed by atoms with Gasteiger partial charge in [0, 0.05) is 47.9 Å². The van der Waals surface area contributed by atoms with Crippen molar-refractivity contribution in [2.24, 2.45) is 5.92 Å². The van der Waals surface area contributed by atoms with Crippen LogP contribution in [0.15, 0.2) is 10.9 Å². The molecule has 2 aromatic rings. The van der Waals surface area contributed by atoms with Crippen LogP contribution < -0.4 is 5.56 Å². The van der Waals surface area contributed by atoms with Crippen molar-refractivity contribution in [3.63, 3.8) is 0 Å². The van der Waals surface area contributed by atoms with Gasteiger partial charge in [-0.15, -0.1) is 0 Å². The summed E-state index contributed by atoms with van der Waals surface area (Å²) in [5, 5.41) is 3.23. The SMILES string of the molecule is CCc1c(C)nc2cc([C@H]3CCCN(C(=O)C(C)C)C3)[nH]n2c1=O. The molecule has 1 aliphatic rings. The van der Waals surface area contributed by atoms with E-state index in [0.29, 0.717) is 18.6 Å². The normalized spacial score (nSPS) is 18.5. The van der Waals surface area contributed by atoms with E-state index in [1.807, 2.05) is 38.7 Å². The van der Waals surface area contributed by atoms with Crippen LogP contribution in [0.1, 0.15) is 56.5 Å². The average molecular weight is 330 g/mol. The first kappa shape index (κ1) is 16.7. The first-order valence-corrected chi connectivity index (χ1v) is 8.82. The number of H-pyrrole nitrogens is 1. The smallest absolute Gasteiger partial charge is 0.276 e. The number of hydrogen-bond donors (Lipinski definition) is 1. The van der Waals surface area contributed by atoms with E-state index < -0.39 is 0 Å². The van der Waals surface area contributed by atoms with Gasteiger partial charge in [0.15, 0.2) is 5.65 Å². The first-order chi connectivity index (χ1) is 11.4. The van der Waals surface area contributed by atoms with Crippen molar-refractivity contribution in [1.82, 2.24) is 19.5 Å². The van der Waals surface area contributed by atoms with Crippen LogP contribution in [0.4, 0.5) is 0 Å². The molecule has 6 heteroatoms. The van der Waals surface area contributed by atoms with Crippen molar-refractivity contribution in [1.29, 1.82) is 0 Å². The lowest BCUT2D eigenvalue weighted by atomic mass is 9.94. The number of aromatic amines is 1. The van der Waals surface area contributed by atoms with Gasteiger partial charge in [-0.05, 0) is 26.2 Å². The lowest BCUT2D eigenvalue weighted by molar-refractivity contribution is -0.135. The monoisotopic (exact) mass is 330 g/mol. The van der Waals surface area contributed by atoms with E-state index in [1.165, 1.54) is 0 Å². The van der Waals surface area contributed by atoms with Crippen molar-refractivity contribution in [3.8, 4) is 0 Å². The van der Waals surface area contributed by atoms with E-state index in [4.69, 9.17) is 0 Å². The number of carbonyl (C=O) groups is 1. The van der Waals surface area contributed by atoms with Gasteiger partial charge in [0.25, 0.3) is 5.56 Å². The highest BCUT2D eigenvalue weighted by atomic mass is 16.2. The lowest BCUT2D eigenvalue weighted by Gasteiger charge is -2.33. The van der Waals surface area contributed by atoms with E-state index in [1.54, 1.807) is 4.52 Å². The number of aromatic nitrogens is 3. The zero-order chi connectivity index (χ0) is 17.4. The Morgan fingerprint density at radius 3 is 2.88 bits per heavy atom. The summed E-state index contributed by atoms with van der Waals surface area (Å²) in [6.07, 6.45) is 2.68. The van der Waals surface area contributed by atoms with E-state index >= 15 is 0 Å². The largest absolute Gasteiger partial charge is 0.342 e. The summed E-state index contributed by atoms with van der Waals surface area (Å²) in [5.41, 5.74) is 3.19. The van der Waals surface area contributed by atoms with Crippen molar-refractivity contribution >= 4 is 11.6 Å². The third-order valence-electron chi connectivity index (χ3n) is 4.96. The second kappa shape index (κ2) is 6.42. The molecular weight excluding hydrogens is 304 g/mol. The number of nitrogens with one attached hydrogen (secondary N) is 1. The summed E-state index contributed by atoms with van der Waals surface area (Å²) in [6.45, 7) is 9.26. The summed E-state index contributed by atoms with van der Waals surface area (Å²) >= 11 is 0. The zero-order valence-electron chi connectivity index (χ0n) is 14.9. The molecule has 24 heavy (non-hydrogen) atoms. The molecule has 3 rings (SSSR count). The molecule has 6 nitrogen and oxygen atoms in total. The highest BCUT2D eigenvalue weighted by Gasteiger charge is 2.27. The van der Waals surface area contributed by atoms with Crippen molar-refractivity contribution in [2.75, 3.05) is 13.1 Å². The summed E-state index contributed by atoms with van der Waals surface area (Å²) in [4.78, 5) is 31.3. The molecular formula is C18H26N4O2. The number of nitrogens with zero attached hydrogens (tertiary/aromatic N) is 3. The van der Waals surface area contributed by atoms with Gasteiger partial charge in [0.2, 0.25) is 5.91 Å². The fourth-order valence-corrected chi connectivity index (χ4v) is 3.60. The topological polar surface area (TPSA) is 70.5 Å². The van der Waals surface area contributed by atoms with Gasteiger partial charge in [0.1, 0.15) is 0 Å². The van der Waals surface area contributed by atoms with Crippen molar-refractivity contribution in [2.45, 2.75) is 52.9 Å². The third kappa shape index (κ3) is 2.85. The number of aryl methyl sites for hydroxylation is 1. The molecule has 1 saturated heterocycles. The lowest BCUT2D eigenvalue weighted by Crippen LogP contribution is -2.41. The maximum Gasteiger partial charge on any atom is 0.276 e. The molecule has 0 radical (unpaired) electrons. The molecule has 0 unspecified atom stereocenters. The molecule has 0 aromatic carbocycles. The van der Waals surface area contributed by atoms with Crippen molar-refractivity contribution in [3.05, 3.63) is 33.4 Å². The minimum atomic E-state index is -0.0165. The van der Waals surface area contributed by atoms with E-state index in [0.717, 1.165) is 36.3 Å². The van der Waals surface area contributed by atoms with Crippen LogP contribution in [0.5, 0.6) is 0 Å². The molecule has 0 bridgehead atoms. The van der Waals surface area contributed by atoms with Crippen molar-refractivity contribution < 1.29 is 4.79 Å². The zero-order valence-corrected chi connectivity index (χ0v) is 14.9. The molecule has 2 aromatic heterocycles. The predicted molar refractivity (Wildman–Crippen MR) is 93.3 cm³/mol. The van der Waals surface area contributed by atoms with Gasteiger partial charge in [-0.2, -0.15) is 0 Å². The fourth-order valence-electron chi connectivity index (χ4n) is 3.60. The molecule has 1 amide bonds. The van der Waals surface area contributed by atoms with Gasteiger partial charge < -0.3 is 4.90 Å². The van der Waals surface area contributed by atoms with Gasteiger partial charge in [-0.1, -0.05) is 20.8 Å². The van der Waals surface area contributed by atoms with Crippen LogP contribution in [0, 0.1) is 12.8 Å². The molecule has 130 valence electrons. The summed E-state index contributed by atoms with van der Waals surface area (Å²) in [6, 6.07) is 1.96. The first-order valence-electron chi connectivity index (χ1n) is 8.82. The quantitative estimate of drug-likeness (QED) is 0.938. The Kier molecular flexibility index (Phi) is 4.47. The van der Waals surface area contributed by atoms with Crippen LogP contribution in [0.3, 0.4) is 0 Å². The van der Waals surface area contributed by atoms with E-state index in [-0.39, 0.29) is 23.3 Å². The van der Waals surface area contributed by atoms with Crippen LogP contribution in [-0.4, -0.2) is 38.5 Å². The Morgan fingerprint density at radius 1 is 1.46 bits per heavy atom. The van der Waals surface area contributed by atoms with Crippen LogP contribution in [-0.2, 0) is 11.2 Å². The number of piperidine rings is 1. The maximum absolute atomic E-state index is 12.6. The number of amides is 1. The Bertz CT molecular complexity index is 818. The second-order valence-corrected chi connectivity index (χ2v) is 7.02. The van der Waals surface area contributed by atoms with Gasteiger partial charge in [-0.25, -0.2) is 9.50 Å². The molecule has 1 atom stereocenters. The number of likely N-dealkylation sites (tertiary alicyclic amines) is 1. The van der Waals surface area contributed by atoms with Crippen LogP contribution in [0.25, 0.3) is 5.65 Å². The highest BCUT2D eigenvalue weighted by molar-refractivity contribution is 5.78. The second-order valence-electron chi connectivity index (χ2n) is 7.02. The fraction of sp³-hybridized carbons (Fsp3) is 0.611. The summed E-state index contributed by atoms with van der Waals surface area (Å²) < 4.78 is 1.55. The summed E-state index contributed by atoms with van der Waals surface area (Å²) in [5.74, 6) is 0.452. The van der Waals surface area contributed by atoms with E-state index in [2.05, 4.69) is 10.1 Å². The molecule has 0 aliphatic carbocycles. The number of carbonyl (C=O) groups excluding carboxylic acids is 1. The maximum atomic E-state index is 12.6. The molecule has 0 saturated carbocycles. The van der Waals surface area contributed by atoms with E-state index in [9.17, 15) is 9.59 Å². The van der Waals surface area contributed by atoms with Gasteiger partial charge in [0.05, 0.1) is 0 Å². The van der Waals surface area contributed by atoms with Crippen LogP contribution in [0.2, 0.25) is 0 Å². The molecule has 1 N–H and O–H groups in total. The Balaban J connectivity index is 1.93. The third-order valence-corrected chi connectivity index (χ3v) is 4.96. The molecule has 1 aliphatic heterocycles. The molecule has 1 fully saturated rings. The number of hydrogen-bond acceptors (Lipinski definition) is 3. The van der Waals surface area contributed by atoms with Crippen LogP contribution >= 0.6 is 0 Å². The highest BCUT2D eigenvalue weighted by Crippen LogP contribution is 2.27. The predicted octanol–water partition coefficient (Wildman–Crippen LogP) is 2.26. The molecule has 3 heterocycles. The Hall–Kier alpha value is -2.11. The standard InChI is InChI=1S/C18H26N4O2/c1-5-14-12(4)19-16-9-15(20-22(16)18(14)24)13-7-6-8-21(10-13)17(23)11(2)3/h9,11,13,20H,5-8,10H2,1-4H3/t13-/m0/s1. The van der Waals surface area contributed by atoms with Gasteiger partial charge in [-0.3, -0.25) is 14.7 Å². The number of rotatable bonds is 3. The Morgan fingerprint density at radius 2 is 2.21 bits per heavy atom. The summed E-state index contributed by atoms with van der Waals surface area (Å²) in [7, 11) is 0. The average Bonchev–Trinajstić information content (AvgIpc) is 2.98. The number of fused-ring (bicyclic) bond motifs is 1. The molecule has 0 spiro atoms.